The van der Waals surface area contributed by atoms with Gasteiger partial charge in [-0.2, -0.15) is 0 Å². The number of anilines is 1. The second-order valence-corrected chi connectivity index (χ2v) is 7.74. The number of halogens is 3. The molecular weight excluding hydrogens is 401 g/mol. The number of piperidine rings is 1. The highest BCUT2D eigenvalue weighted by Crippen LogP contribution is 2.27. The van der Waals surface area contributed by atoms with Crippen LogP contribution in [-0.2, 0) is 6.54 Å². The van der Waals surface area contributed by atoms with Gasteiger partial charge in [0.25, 0.3) is 5.91 Å². The molecule has 31 heavy (non-hydrogen) atoms. The Bertz CT molecular complexity index is 1030. The number of benzene rings is 3. The van der Waals surface area contributed by atoms with Crippen LogP contribution in [0.15, 0.2) is 72.8 Å². The van der Waals surface area contributed by atoms with Crippen LogP contribution in [0.2, 0.25) is 0 Å². The van der Waals surface area contributed by atoms with Gasteiger partial charge in [-0.3, -0.25) is 9.69 Å². The maximum absolute atomic E-state index is 14.0. The fourth-order valence-electron chi connectivity index (χ4n) is 4.06. The average molecular weight is 424 g/mol. The molecule has 3 aromatic rings. The van der Waals surface area contributed by atoms with E-state index in [9.17, 15) is 18.0 Å². The van der Waals surface area contributed by atoms with Gasteiger partial charge in [-0.15, -0.1) is 0 Å². The Labute approximate surface area is 179 Å². The molecule has 1 aliphatic heterocycles. The summed E-state index contributed by atoms with van der Waals surface area (Å²) in [6.07, 6.45) is 1.39. The lowest BCUT2D eigenvalue weighted by Crippen LogP contribution is -2.47. The first-order valence-corrected chi connectivity index (χ1v) is 10.3. The summed E-state index contributed by atoms with van der Waals surface area (Å²) in [6, 6.07) is 19.1. The minimum atomic E-state index is -0.840. The Morgan fingerprint density at radius 3 is 2.23 bits per heavy atom. The van der Waals surface area contributed by atoms with Gasteiger partial charge in [0.05, 0.1) is 0 Å². The lowest BCUT2D eigenvalue weighted by molar-refractivity contribution is 0.0958. The van der Waals surface area contributed by atoms with Crippen molar-refractivity contribution >= 4 is 11.6 Å². The summed E-state index contributed by atoms with van der Waals surface area (Å²) in [4.78, 5) is 17.1. The molecule has 0 unspecified atom stereocenters. The highest BCUT2D eigenvalue weighted by atomic mass is 19.2. The van der Waals surface area contributed by atoms with Crippen LogP contribution < -0.4 is 4.90 Å². The number of para-hydroxylation sites is 1. The Hall–Kier alpha value is -3.12. The maximum Gasteiger partial charge on any atom is 0.258 e. The van der Waals surface area contributed by atoms with Gasteiger partial charge in [0.15, 0.2) is 11.6 Å². The van der Waals surface area contributed by atoms with Crippen molar-refractivity contribution in [2.45, 2.75) is 25.4 Å². The Kier molecular flexibility index (Phi) is 6.37. The molecule has 3 aromatic carbocycles. The first-order chi connectivity index (χ1) is 15.0. The standard InChI is InChI=1S/C25H23F3N2O/c26-20-11-9-18(10-12-20)25(31)30(21-6-2-1-3-7-21)22-13-15-29(16-14-22)17-19-5-4-8-23(27)24(19)28/h1-12,22H,13-17H2. The number of hydrogen-bond acceptors (Lipinski definition) is 2. The molecule has 1 saturated heterocycles. The zero-order valence-corrected chi connectivity index (χ0v) is 17.0. The summed E-state index contributed by atoms with van der Waals surface area (Å²) in [6.45, 7) is 1.63. The van der Waals surface area contributed by atoms with Crippen LogP contribution in [0.25, 0.3) is 0 Å². The van der Waals surface area contributed by atoms with Crippen LogP contribution in [0.1, 0.15) is 28.8 Å². The van der Waals surface area contributed by atoms with Gasteiger partial charge in [0.1, 0.15) is 5.82 Å². The van der Waals surface area contributed by atoms with E-state index >= 15 is 0 Å². The summed E-state index contributed by atoms with van der Waals surface area (Å²) in [5.74, 6) is -2.21. The van der Waals surface area contributed by atoms with Crippen molar-refractivity contribution in [3.8, 4) is 0 Å². The third kappa shape index (κ3) is 4.80. The predicted octanol–water partition coefficient (Wildman–Crippen LogP) is 5.42. The summed E-state index contributed by atoms with van der Waals surface area (Å²) >= 11 is 0. The summed E-state index contributed by atoms with van der Waals surface area (Å²) < 4.78 is 40.8. The van der Waals surface area contributed by atoms with Crippen molar-refractivity contribution in [3.63, 3.8) is 0 Å². The Balaban J connectivity index is 1.50. The summed E-state index contributed by atoms with van der Waals surface area (Å²) in [7, 11) is 0. The molecule has 0 bridgehead atoms. The van der Waals surface area contributed by atoms with E-state index in [1.165, 1.54) is 30.3 Å². The van der Waals surface area contributed by atoms with E-state index in [4.69, 9.17) is 0 Å². The highest BCUT2D eigenvalue weighted by Gasteiger charge is 2.30. The van der Waals surface area contributed by atoms with E-state index in [2.05, 4.69) is 4.90 Å². The number of hydrogen-bond donors (Lipinski definition) is 0. The molecule has 0 aromatic heterocycles. The van der Waals surface area contributed by atoms with Crippen molar-refractivity contribution in [1.29, 1.82) is 0 Å². The van der Waals surface area contributed by atoms with Crippen LogP contribution in [0, 0.1) is 17.5 Å². The Morgan fingerprint density at radius 1 is 0.871 bits per heavy atom. The van der Waals surface area contributed by atoms with Crippen molar-refractivity contribution in [2.75, 3.05) is 18.0 Å². The minimum absolute atomic E-state index is 0.0476. The molecular formula is C25H23F3N2O. The fraction of sp³-hybridized carbons (Fsp3) is 0.240. The van der Waals surface area contributed by atoms with Gasteiger partial charge in [-0.1, -0.05) is 30.3 Å². The van der Waals surface area contributed by atoms with Gasteiger partial charge in [-0.05, 0) is 55.3 Å². The molecule has 3 nitrogen and oxygen atoms in total. The van der Waals surface area contributed by atoms with E-state index in [1.807, 2.05) is 30.3 Å². The van der Waals surface area contributed by atoms with E-state index in [0.29, 0.717) is 43.6 Å². The van der Waals surface area contributed by atoms with E-state index in [1.54, 1.807) is 11.0 Å². The van der Waals surface area contributed by atoms with Gasteiger partial charge < -0.3 is 4.90 Å². The molecule has 1 amide bonds. The quantitative estimate of drug-likeness (QED) is 0.546. The van der Waals surface area contributed by atoms with Crippen molar-refractivity contribution in [1.82, 2.24) is 4.90 Å². The molecule has 1 aliphatic rings. The molecule has 4 rings (SSSR count). The normalized spacial score (nSPS) is 15.1. The molecule has 1 fully saturated rings. The van der Waals surface area contributed by atoms with Crippen LogP contribution in [-0.4, -0.2) is 29.9 Å². The van der Waals surface area contributed by atoms with Crippen molar-refractivity contribution < 1.29 is 18.0 Å². The Morgan fingerprint density at radius 2 is 1.55 bits per heavy atom. The number of carbonyl (C=O) groups excluding carboxylic acids is 1. The van der Waals surface area contributed by atoms with Crippen LogP contribution >= 0.6 is 0 Å². The van der Waals surface area contributed by atoms with Crippen molar-refractivity contribution in [3.05, 3.63) is 101 Å². The SMILES string of the molecule is O=C(c1ccc(F)cc1)N(c1ccccc1)C1CCN(Cc2cccc(F)c2F)CC1. The second kappa shape index (κ2) is 9.35. The monoisotopic (exact) mass is 424 g/mol. The third-order valence-electron chi connectivity index (χ3n) is 5.69. The zero-order valence-electron chi connectivity index (χ0n) is 17.0. The first-order valence-electron chi connectivity index (χ1n) is 10.3. The average Bonchev–Trinajstić information content (AvgIpc) is 2.79. The van der Waals surface area contributed by atoms with Gasteiger partial charge in [0.2, 0.25) is 0 Å². The summed E-state index contributed by atoms with van der Waals surface area (Å²) in [5.41, 5.74) is 1.54. The topological polar surface area (TPSA) is 23.6 Å². The molecule has 6 heteroatoms. The molecule has 0 N–H and O–H groups in total. The third-order valence-corrected chi connectivity index (χ3v) is 5.69. The van der Waals surface area contributed by atoms with Gasteiger partial charge >= 0.3 is 0 Å². The van der Waals surface area contributed by atoms with E-state index < -0.39 is 11.6 Å². The van der Waals surface area contributed by atoms with Gasteiger partial charge in [0, 0.05) is 42.5 Å². The second-order valence-electron chi connectivity index (χ2n) is 7.74. The molecule has 160 valence electrons. The van der Waals surface area contributed by atoms with E-state index in [-0.39, 0.29) is 17.8 Å². The maximum atomic E-state index is 14.0. The number of amides is 1. The molecule has 0 spiro atoms. The minimum Gasteiger partial charge on any atom is -0.305 e. The molecule has 0 atom stereocenters. The van der Waals surface area contributed by atoms with Crippen LogP contribution in [0.4, 0.5) is 18.9 Å². The van der Waals surface area contributed by atoms with Crippen molar-refractivity contribution in [2.24, 2.45) is 0 Å². The van der Waals surface area contributed by atoms with Crippen LogP contribution in [0.5, 0.6) is 0 Å². The fourth-order valence-corrected chi connectivity index (χ4v) is 4.06. The molecule has 0 aliphatic carbocycles. The summed E-state index contributed by atoms with van der Waals surface area (Å²) in [5, 5.41) is 0. The van der Waals surface area contributed by atoms with Crippen LogP contribution in [0.3, 0.4) is 0 Å². The molecule has 0 saturated carbocycles. The predicted molar refractivity (Wildman–Crippen MR) is 114 cm³/mol. The number of nitrogens with zero attached hydrogens (tertiary/aromatic N) is 2. The number of rotatable bonds is 5. The lowest BCUT2D eigenvalue weighted by atomic mass is 10.00. The van der Waals surface area contributed by atoms with E-state index in [0.717, 1.165) is 11.8 Å². The molecule has 0 radical (unpaired) electrons. The lowest BCUT2D eigenvalue weighted by Gasteiger charge is -2.38. The number of likely N-dealkylation sites (tertiary alicyclic amines) is 1. The first kappa shape index (κ1) is 21.1. The largest absolute Gasteiger partial charge is 0.305 e. The molecule has 1 heterocycles. The smallest absolute Gasteiger partial charge is 0.258 e. The highest BCUT2D eigenvalue weighted by molar-refractivity contribution is 6.06. The number of carbonyl (C=O) groups is 1. The van der Waals surface area contributed by atoms with Gasteiger partial charge in [-0.25, -0.2) is 13.2 Å². The zero-order chi connectivity index (χ0) is 21.8.